The van der Waals surface area contributed by atoms with Gasteiger partial charge in [-0.05, 0) is 28.4 Å². The number of anilines is 1. The van der Waals surface area contributed by atoms with Crippen LogP contribution in [0.25, 0.3) is 0 Å². The van der Waals surface area contributed by atoms with Gasteiger partial charge in [-0.2, -0.15) is 4.98 Å². The zero-order valence-corrected chi connectivity index (χ0v) is 17.8. The Morgan fingerprint density at radius 1 is 1.60 bits per heavy atom. The van der Waals surface area contributed by atoms with E-state index in [1.165, 1.54) is 11.5 Å². The number of thiazole rings is 1. The van der Waals surface area contributed by atoms with Crippen LogP contribution in [0.5, 0.6) is 5.88 Å². The summed E-state index contributed by atoms with van der Waals surface area (Å²) in [6, 6.07) is 1.64. The van der Waals surface area contributed by atoms with Crippen molar-refractivity contribution in [3.05, 3.63) is 37.8 Å². The number of hydrogen-bond donors (Lipinski definition) is 1. The molecule has 2 aromatic heterocycles. The minimum Gasteiger partial charge on any atom is -0.406 e. The molecule has 1 N–H and O–H groups in total. The Morgan fingerprint density at radius 2 is 2.32 bits per heavy atom. The maximum Gasteiger partial charge on any atom is 0.312 e. The molecule has 0 saturated heterocycles. The van der Waals surface area contributed by atoms with Crippen molar-refractivity contribution in [3.63, 3.8) is 0 Å². The molecular formula is C14H14BrClN2O4S3. The van der Waals surface area contributed by atoms with Crippen LogP contribution >= 0.6 is 50.2 Å². The number of aromatic nitrogens is 1. The molecule has 0 radical (unpaired) electrons. The van der Waals surface area contributed by atoms with Crippen LogP contribution < -0.4 is 9.46 Å². The molecular weight excluding hydrogens is 472 g/mol. The molecule has 0 aliphatic carbocycles. The van der Waals surface area contributed by atoms with Crippen LogP contribution in [0.15, 0.2) is 28.6 Å². The molecule has 1 unspecified atom stereocenters. The molecule has 6 nitrogen and oxygen atoms in total. The second kappa shape index (κ2) is 8.63. The van der Waals surface area contributed by atoms with Crippen molar-refractivity contribution in [1.29, 1.82) is 0 Å². The second-order valence-corrected chi connectivity index (χ2v) is 9.99. The van der Waals surface area contributed by atoms with Gasteiger partial charge in [0, 0.05) is 15.8 Å². The molecule has 0 aromatic carbocycles. The maximum absolute atomic E-state index is 12.6. The van der Waals surface area contributed by atoms with E-state index in [1.807, 2.05) is 6.92 Å². The van der Waals surface area contributed by atoms with Crippen LogP contribution in [0.4, 0.5) is 5.13 Å². The van der Waals surface area contributed by atoms with E-state index in [1.54, 1.807) is 6.07 Å². The fourth-order valence-electron chi connectivity index (χ4n) is 1.81. The third-order valence-electron chi connectivity index (χ3n) is 2.88. The largest absolute Gasteiger partial charge is 0.406 e. The Hall–Kier alpha value is -0.940. The molecule has 0 spiro atoms. The van der Waals surface area contributed by atoms with Crippen molar-refractivity contribution in [2.75, 3.05) is 4.72 Å². The topological polar surface area (TPSA) is 85.4 Å². The van der Waals surface area contributed by atoms with E-state index in [-0.39, 0.29) is 17.4 Å². The Bertz CT molecular complexity index is 859. The normalized spacial score (nSPS) is 12.6. The highest BCUT2D eigenvalue weighted by atomic mass is 79.9. The summed E-state index contributed by atoms with van der Waals surface area (Å²) >= 11 is 11.4. The van der Waals surface area contributed by atoms with Gasteiger partial charge in [0.25, 0.3) is 0 Å². The van der Waals surface area contributed by atoms with E-state index in [9.17, 15) is 13.2 Å². The van der Waals surface area contributed by atoms with Crippen LogP contribution in [0.2, 0.25) is 4.34 Å². The van der Waals surface area contributed by atoms with Crippen molar-refractivity contribution in [2.45, 2.75) is 25.0 Å². The molecule has 0 fully saturated rings. The van der Waals surface area contributed by atoms with Gasteiger partial charge in [0.1, 0.15) is 9.59 Å². The van der Waals surface area contributed by atoms with Crippen LogP contribution in [0.3, 0.4) is 0 Å². The minimum atomic E-state index is -3.84. The summed E-state index contributed by atoms with van der Waals surface area (Å²) in [5.74, 6) is -0.345. The molecule has 2 aromatic rings. The number of ether oxygens (including phenoxy) is 1. The molecule has 2 rings (SSSR count). The van der Waals surface area contributed by atoms with Gasteiger partial charge in [-0.1, -0.05) is 24.6 Å². The van der Waals surface area contributed by atoms with Crippen molar-refractivity contribution in [2.24, 2.45) is 0 Å². The average molecular weight is 486 g/mol. The molecule has 25 heavy (non-hydrogen) atoms. The number of rotatable bonds is 8. The van der Waals surface area contributed by atoms with Crippen LogP contribution in [0.1, 0.15) is 29.9 Å². The monoisotopic (exact) mass is 484 g/mol. The lowest BCUT2D eigenvalue weighted by Crippen LogP contribution is -2.19. The molecule has 136 valence electrons. The standard InChI is InChI=1S/C14H14BrClN2O4S3/c1-3-5-12(19)22-11-7-23-14(17-11)18-25(20,21)10(4-2)9-6-8(15)13(16)24-9/h4,6-7,10H,2-3,5H2,1H3,(H,17,18). The zero-order valence-electron chi connectivity index (χ0n) is 13.0. The molecule has 0 aliphatic rings. The van der Waals surface area contributed by atoms with Gasteiger partial charge in [0.2, 0.25) is 15.9 Å². The Kier molecular flexibility index (Phi) is 7.03. The highest BCUT2D eigenvalue weighted by Crippen LogP contribution is 2.39. The quantitative estimate of drug-likeness (QED) is 0.420. The van der Waals surface area contributed by atoms with Crippen LogP contribution in [0, 0.1) is 0 Å². The Labute approximate surface area is 167 Å². The molecule has 11 heteroatoms. The third kappa shape index (κ3) is 5.27. The first-order valence-corrected chi connectivity index (χ1v) is 11.4. The lowest BCUT2D eigenvalue weighted by Gasteiger charge is -2.12. The van der Waals surface area contributed by atoms with Gasteiger partial charge >= 0.3 is 5.97 Å². The number of esters is 1. The lowest BCUT2D eigenvalue weighted by molar-refractivity contribution is -0.134. The molecule has 2 heterocycles. The predicted molar refractivity (Wildman–Crippen MR) is 105 cm³/mol. The van der Waals surface area contributed by atoms with Gasteiger partial charge in [0.15, 0.2) is 5.13 Å². The van der Waals surface area contributed by atoms with E-state index >= 15 is 0 Å². The van der Waals surface area contributed by atoms with Crippen molar-refractivity contribution < 1.29 is 17.9 Å². The molecule has 0 saturated carbocycles. The first-order chi connectivity index (χ1) is 11.8. The number of hydrogen-bond acceptors (Lipinski definition) is 7. The number of nitrogens with zero attached hydrogens (tertiary/aromatic N) is 1. The Morgan fingerprint density at radius 3 is 2.88 bits per heavy atom. The van der Waals surface area contributed by atoms with Crippen molar-refractivity contribution in [1.82, 2.24) is 4.98 Å². The maximum atomic E-state index is 12.6. The first kappa shape index (κ1) is 20.4. The summed E-state index contributed by atoms with van der Waals surface area (Å²) in [6.07, 6.45) is 2.24. The third-order valence-corrected chi connectivity index (χ3v) is 8.04. The van der Waals surface area contributed by atoms with Gasteiger partial charge < -0.3 is 4.74 Å². The average Bonchev–Trinajstić information content (AvgIpc) is 3.06. The molecule has 0 bridgehead atoms. The second-order valence-electron chi connectivity index (χ2n) is 4.79. The number of thiophene rings is 1. The number of nitrogens with one attached hydrogen (secondary N) is 1. The smallest absolute Gasteiger partial charge is 0.312 e. The van der Waals surface area contributed by atoms with E-state index in [2.05, 4.69) is 32.2 Å². The van der Waals surface area contributed by atoms with Gasteiger partial charge in [-0.15, -0.1) is 29.3 Å². The summed E-state index contributed by atoms with van der Waals surface area (Å²) < 4.78 is 33.7. The van der Waals surface area contributed by atoms with Gasteiger partial charge in [0.05, 0.1) is 5.38 Å². The summed E-state index contributed by atoms with van der Waals surface area (Å²) in [6.45, 7) is 5.45. The highest BCUT2D eigenvalue weighted by Gasteiger charge is 2.28. The lowest BCUT2D eigenvalue weighted by atomic mass is 10.3. The van der Waals surface area contributed by atoms with Crippen molar-refractivity contribution in [3.8, 4) is 5.88 Å². The number of sulfonamides is 1. The minimum absolute atomic E-state index is 0.0678. The summed E-state index contributed by atoms with van der Waals surface area (Å²) in [4.78, 5) is 15.9. The summed E-state index contributed by atoms with van der Waals surface area (Å²) in [5, 5.41) is 0.580. The molecule has 1 atom stereocenters. The van der Waals surface area contributed by atoms with Crippen LogP contribution in [-0.4, -0.2) is 19.4 Å². The Balaban J connectivity index is 2.16. The highest BCUT2D eigenvalue weighted by molar-refractivity contribution is 9.10. The van der Waals surface area contributed by atoms with Crippen molar-refractivity contribution >= 4 is 71.3 Å². The van der Waals surface area contributed by atoms with E-state index in [4.69, 9.17) is 16.3 Å². The first-order valence-electron chi connectivity index (χ1n) is 7.02. The SMILES string of the molecule is C=CC(c1cc(Br)c(Cl)s1)S(=O)(=O)Nc1nc(OC(=O)CCC)cs1. The molecule has 0 aliphatic heterocycles. The summed E-state index contributed by atoms with van der Waals surface area (Å²) in [5.41, 5.74) is 0. The number of carbonyl (C=O) groups excluding carboxylic acids is 1. The summed E-state index contributed by atoms with van der Waals surface area (Å²) in [7, 11) is -3.84. The number of halogens is 2. The van der Waals surface area contributed by atoms with Gasteiger partial charge in [-0.25, -0.2) is 8.42 Å². The van der Waals surface area contributed by atoms with Gasteiger partial charge in [-0.3, -0.25) is 9.52 Å². The van der Waals surface area contributed by atoms with Crippen LogP contribution in [-0.2, 0) is 14.8 Å². The molecule has 0 amide bonds. The predicted octanol–water partition coefficient (Wildman–Crippen LogP) is 5.00. The fraction of sp³-hybridized carbons (Fsp3) is 0.286. The number of carbonyl (C=O) groups is 1. The van der Waals surface area contributed by atoms with E-state index < -0.39 is 21.2 Å². The van der Waals surface area contributed by atoms with E-state index in [0.717, 1.165) is 22.7 Å². The zero-order chi connectivity index (χ0) is 18.6. The fourth-order valence-corrected chi connectivity index (χ4v) is 6.09. The van der Waals surface area contributed by atoms with E-state index in [0.29, 0.717) is 20.1 Å².